The molecule has 3 heteroatoms. The van der Waals surface area contributed by atoms with E-state index in [-0.39, 0.29) is 0 Å². The van der Waals surface area contributed by atoms with E-state index in [4.69, 9.17) is 4.99 Å². The zero-order valence-electron chi connectivity index (χ0n) is 22.9. The average molecular weight is 525 g/mol. The maximum Gasteiger partial charge on any atom is 0.0583 e. The topological polar surface area (TPSA) is 15.6 Å². The molecule has 1 saturated heterocycles. The van der Waals surface area contributed by atoms with Gasteiger partial charge in [0.05, 0.1) is 12.1 Å². The highest BCUT2D eigenvalue weighted by Gasteiger charge is 2.54. The Balaban J connectivity index is 1.15. The lowest BCUT2D eigenvalue weighted by Gasteiger charge is -2.49. The van der Waals surface area contributed by atoms with Crippen LogP contribution in [0.15, 0.2) is 76.0 Å². The predicted octanol–water partition coefficient (Wildman–Crippen LogP) is 8.36. The molecular formula is C35H44N2S. The van der Waals surface area contributed by atoms with Crippen LogP contribution in [-0.2, 0) is 0 Å². The first-order valence-electron chi connectivity index (χ1n) is 16.0. The summed E-state index contributed by atoms with van der Waals surface area (Å²) in [6.45, 7) is 1.06. The van der Waals surface area contributed by atoms with E-state index in [1.807, 2.05) is 0 Å². The third kappa shape index (κ3) is 3.93. The van der Waals surface area contributed by atoms with Gasteiger partial charge in [-0.25, -0.2) is 0 Å². The van der Waals surface area contributed by atoms with Gasteiger partial charge in [0.25, 0.3) is 0 Å². The number of aliphatic imine (C=N–C) groups is 1. The molecule has 0 radical (unpaired) electrons. The summed E-state index contributed by atoms with van der Waals surface area (Å²) in [6.07, 6.45) is 37.2. The highest BCUT2D eigenvalue weighted by atomic mass is 32.2. The number of hydrogen-bond acceptors (Lipinski definition) is 3. The van der Waals surface area contributed by atoms with Crippen molar-refractivity contribution < 1.29 is 0 Å². The zero-order chi connectivity index (χ0) is 25.1. The van der Waals surface area contributed by atoms with Gasteiger partial charge in [-0.05, 0) is 124 Å². The predicted molar refractivity (Wildman–Crippen MR) is 161 cm³/mol. The second-order valence-electron chi connectivity index (χ2n) is 13.2. The lowest BCUT2D eigenvalue weighted by atomic mass is 9.66. The van der Waals surface area contributed by atoms with Crippen LogP contribution < -0.4 is 0 Å². The maximum atomic E-state index is 4.96. The molecule has 2 nitrogen and oxygen atoms in total. The Morgan fingerprint density at radius 3 is 2.68 bits per heavy atom. The molecule has 0 aromatic carbocycles. The number of allylic oxidation sites excluding steroid dienone is 8. The average Bonchev–Trinajstić information content (AvgIpc) is 3.53. The molecule has 3 aliphatic heterocycles. The quantitative estimate of drug-likeness (QED) is 0.345. The van der Waals surface area contributed by atoms with E-state index < -0.39 is 0 Å². The first-order valence-corrected chi connectivity index (χ1v) is 16.9. The maximum absolute atomic E-state index is 4.96. The smallest absolute Gasteiger partial charge is 0.0583 e. The summed E-state index contributed by atoms with van der Waals surface area (Å²) < 4.78 is 0. The van der Waals surface area contributed by atoms with Crippen molar-refractivity contribution in [3.05, 3.63) is 71.0 Å². The summed E-state index contributed by atoms with van der Waals surface area (Å²) in [5.41, 5.74) is 8.21. The summed E-state index contributed by atoms with van der Waals surface area (Å²) in [5.74, 6) is 3.18. The van der Waals surface area contributed by atoms with Gasteiger partial charge >= 0.3 is 0 Å². The molecule has 0 aromatic rings. The molecule has 0 N–H and O–H groups in total. The Kier molecular flexibility index (Phi) is 6.35. The molecule has 8 aliphatic rings. The van der Waals surface area contributed by atoms with Crippen LogP contribution in [-0.4, -0.2) is 39.7 Å². The van der Waals surface area contributed by atoms with Gasteiger partial charge in [-0.15, -0.1) is 0 Å². The molecule has 1 fully saturated rings. The normalized spacial score (nSPS) is 41.7. The van der Waals surface area contributed by atoms with Crippen LogP contribution in [0.4, 0.5) is 0 Å². The van der Waals surface area contributed by atoms with Crippen molar-refractivity contribution in [3.8, 4) is 0 Å². The van der Waals surface area contributed by atoms with Crippen LogP contribution in [0.2, 0.25) is 0 Å². The van der Waals surface area contributed by atoms with E-state index in [9.17, 15) is 0 Å². The number of thioether (sulfide) groups is 1. The fourth-order valence-electron chi connectivity index (χ4n) is 9.57. The SMILES string of the molecule is C1=CCC2C(=C1)C1=C(CCCC1)N2C1C=CC2C3CC=CCC3SC2C1C1CC=C(C2=NCCCC2)CC1. The van der Waals surface area contributed by atoms with Crippen LogP contribution in [0.5, 0.6) is 0 Å². The standard InChI is InChI=1S/C35H44N2S/c1-4-13-30-25(9-1)26-10-2-5-14-31(26)37(30)32-21-20-28-27-11-3-6-15-33(27)38-35(28)34(32)24-18-16-23(17-19-24)29-12-7-8-22-36-29/h1,3-4,6,9,16,20-21,24,27-28,30,32-35H,2,5,7-8,10-15,17-19,22H2. The van der Waals surface area contributed by atoms with Crippen LogP contribution in [0.25, 0.3) is 0 Å². The van der Waals surface area contributed by atoms with Crippen molar-refractivity contribution in [2.24, 2.45) is 28.7 Å². The number of hydrogen-bond donors (Lipinski definition) is 0. The van der Waals surface area contributed by atoms with Crippen LogP contribution >= 0.6 is 11.8 Å². The molecule has 0 spiro atoms. The molecule has 0 amide bonds. The molecule has 0 saturated carbocycles. The molecule has 3 heterocycles. The first-order chi connectivity index (χ1) is 18.9. The van der Waals surface area contributed by atoms with Crippen molar-refractivity contribution in [2.45, 2.75) is 106 Å². The summed E-state index contributed by atoms with van der Waals surface area (Å²) in [5, 5.41) is 1.62. The van der Waals surface area contributed by atoms with Crippen LogP contribution in [0.1, 0.15) is 83.5 Å². The van der Waals surface area contributed by atoms with Crippen molar-refractivity contribution in [2.75, 3.05) is 6.54 Å². The lowest BCUT2D eigenvalue weighted by molar-refractivity contribution is 0.117. The lowest BCUT2D eigenvalue weighted by Crippen LogP contribution is -2.51. The summed E-state index contributed by atoms with van der Waals surface area (Å²) in [6, 6.07) is 1.15. The number of nitrogens with zero attached hydrogens (tertiary/aromatic N) is 2. The largest absolute Gasteiger partial charge is 0.360 e. The minimum atomic E-state index is 0.564. The van der Waals surface area contributed by atoms with E-state index in [1.54, 1.807) is 22.4 Å². The number of fused-ring (bicyclic) bond motifs is 5. The Labute approximate surface area is 234 Å². The molecule has 8 atom stereocenters. The highest BCUT2D eigenvalue weighted by molar-refractivity contribution is 8.00. The summed E-state index contributed by atoms with van der Waals surface area (Å²) in [7, 11) is 0. The van der Waals surface area contributed by atoms with Crippen LogP contribution in [0.3, 0.4) is 0 Å². The monoisotopic (exact) mass is 524 g/mol. The minimum Gasteiger partial charge on any atom is -0.360 e. The first kappa shape index (κ1) is 24.1. The number of rotatable bonds is 3. The van der Waals surface area contributed by atoms with Crippen LogP contribution in [0, 0.1) is 23.7 Å². The highest BCUT2D eigenvalue weighted by Crippen LogP contribution is 2.58. The van der Waals surface area contributed by atoms with Gasteiger partial charge in [0.2, 0.25) is 0 Å². The second kappa shape index (κ2) is 10.0. The molecule has 8 rings (SSSR count). The van der Waals surface area contributed by atoms with Gasteiger partial charge in [0.15, 0.2) is 0 Å². The van der Waals surface area contributed by atoms with Gasteiger partial charge in [0, 0.05) is 28.5 Å². The molecule has 200 valence electrons. The minimum absolute atomic E-state index is 0.564. The molecule has 38 heavy (non-hydrogen) atoms. The fraction of sp³-hybridized carbons (Fsp3) is 0.629. The Bertz CT molecular complexity index is 1180. The van der Waals surface area contributed by atoms with Gasteiger partial charge in [-0.1, -0.05) is 48.6 Å². The second-order valence-corrected chi connectivity index (χ2v) is 14.6. The van der Waals surface area contributed by atoms with Crippen molar-refractivity contribution in [1.82, 2.24) is 4.90 Å². The van der Waals surface area contributed by atoms with Crippen molar-refractivity contribution >= 4 is 17.5 Å². The third-order valence-corrected chi connectivity index (χ3v) is 13.1. The molecule has 0 bridgehead atoms. The summed E-state index contributed by atoms with van der Waals surface area (Å²) in [4.78, 5) is 7.97. The van der Waals surface area contributed by atoms with E-state index in [0.717, 1.165) is 40.7 Å². The van der Waals surface area contributed by atoms with E-state index in [2.05, 4.69) is 65.3 Å². The van der Waals surface area contributed by atoms with Crippen molar-refractivity contribution in [3.63, 3.8) is 0 Å². The van der Waals surface area contributed by atoms with E-state index in [1.165, 1.54) is 89.2 Å². The fourth-order valence-corrected chi connectivity index (χ4v) is 11.7. The Morgan fingerprint density at radius 1 is 0.868 bits per heavy atom. The third-order valence-electron chi connectivity index (χ3n) is 11.3. The molecular weight excluding hydrogens is 480 g/mol. The van der Waals surface area contributed by atoms with E-state index >= 15 is 0 Å². The molecule has 8 unspecified atom stereocenters. The van der Waals surface area contributed by atoms with Gasteiger partial charge in [-0.3, -0.25) is 4.99 Å². The van der Waals surface area contributed by atoms with Gasteiger partial charge in [0.1, 0.15) is 0 Å². The summed E-state index contributed by atoms with van der Waals surface area (Å²) >= 11 is 2.41. The van der Waals surface area contributed by atoms with Gasteiger partial charge in [-0.2, -0.15) is 11.8 Å². The van der Waals surface area contributed by atoms with E-state index in [0.29, 0.717) is 12.1 Å². The van der Waals surface area contributed by atoms with Crippen molar-refractivity contribution in [1.29, 1.82) is 0 Å². The molecule has 5 aliphatic carbocycles. The zero-order valence-corrected chi connectivity index (χ0v) is 23.8. The van der Waals surface area contributed by atoms with Gasteiger partial charge < -0.3 is 4.90 Å². The Morgan fingerprint density at radius 2 is 1.79 bits per heavy atom. The molecule has 0 aromatic heterocycles. The Hall–Kier alpha value is -1.74.